The van der Waals surface area contributed by atoms with Gasteiger partial charge in [0.25, 0.3) is 11.8 Å². The fourth-order valence-electron chi connectivity index (χ4n) is 5.30. The predicted octanol–water partition coefficient (Wildman–Crippen LogP) is 4.04. The van der Waals surface area contributed by atoms with Gasteiger partial charge in [0.1, 0.15) is 5.82 Å². The van der Waals surface area contributed by atoms with Gasteiger partial charge in [-0.1, -0.05) is 11.6 Å². The molecule has 5 rings (SSSR count). The van der Waals surface area contributed by atoms with E-state index in [1.807, 2.05) is 0 Å². The number of hydrogen-bond donors (Lipinski definition) is 3. The molecule has 40 heavy (non-hydrogen) atoms. The molecule has 2 saturated heterocycles. The minimum Gasteiger partial charge on any atom is -0.395 e. The van der Waals surface area contributed by atoms with Crippen molar-refractivity contribution >= 4 is 50.7 Å². The van der Waals surface area contributed by atoms with Crippen LogP contribution in [0.15, 0.2) is 18.2 Å². The van der Waals surface area contributed by atoms with Gasteiger partial charge in [-0.15, -0.1) is 0 Å². The molecular formula is C26H33ClF2N6O4S. The van der Waals surface area contributed by atoms with Gasteiger partial charge >= 0.3 is 0 Å². The third kappa shape index (κ3) is 6.58. The molecule has 2 aliphatic heterocycles. The molecule has 1 aromatic carbocycles. The molecule has 218 valence electrons. The quantitative estimate of drug-likeness (QED) is 0.415. The molecule has 0 unspecified atom stereocenters. The number of sulfonamides is 1. The second-order valence-electron chi connectivity index (χ2n) is 11.0. The number of aliphatic hydroxyl groups excluding tert-OH is 1. The molecule has 2 aromatic rings. The number of hydrogen-bond acceptors (Lipinski definition) is 8. The maximum Gasteiger partial charge on any atom is 0.258 e. The van der Waals surface area contributed by atoms with E-state index >= 15 is 0 Å². The van der Waals surface area contributed by atoms with Gasteiger partial charge in [0.05, 0.1) is 34.3 Å². The van der Waals surface area contributed by atoms with Gasteiger partial charge in [-0.05, 0) is 50.2 Å². The summed E-state index contributed by atoms with van der Waals surface area (Å²) in [6, 6.07) is 4.57. The summed E-state index contributed by atoms with van der Waals surface area (Å²) >= 11 is 6.44. The molecule has 1 aliphatic carbocycles. The fraction of sp³-hybridized carbons (Fsp3) is 0.577. The molecule has 1 saturated carbocycles. The Morgan fingerprint density at radius 2 is 1.68 bits per heavy atom. The van der Waals surface area contributed by atoms with E-state index in [9.17, 15) is 22.0 Å². The summed E-state index contributed by atoms with van der Waals surface area (Å²) in [6.45, 7) is 2.81. The highest BCUT2D eigenvalue weighted by Crippen LogP contribution is 2.54. The Hall–Kier alpha value is -2.77. The number of amides is 1. The topological polar surface area (TPSA) is 128 Å². The van der Waals surface area contributed by atoms with Crippen LogP contribution in [0, 0.1) is 12.3 Å². The van der Waals surface area contributed by atoms with Gasteiger partial charge < -0.3 is 20.2 Å². The molecule has 3 fully saturated rings. The number of aryl methyl sites for hydroxylation is 1. The van der Waals surface area contributed by atoms with Crippen molar-refractivity contribution in [1.29, 1.82) is 0 Å². The lowest BCUT2D eigenvalue weighted by Gasteiger charge is -2.35. The second kappa shape index (κ2) is 10.9. The minimum absolute atomic E-state index is 0.0277. The van der Waals surface area contributed by atoms with Gasteiger partial charge in [0.15, 0.2) is 0 Å². The zero-order chi connectivity index (χ0) is 28.7. The molecule has 3 heterocycles. The average molecular weight is 599 g/mol. The maximum absolute atomic E-state index is 13.7. The molecule has 0 bridgehead atoms. The SMILES string of the molecule is Cc1cc(NC(=O)c2cc(Cl)c(NS(=O)(=O)CCO)cc2N2CCC3(CC2)CC3)nc(N2CCC(F)(F)CC2)n1. The minimum atomic E-state index is -3.84. The van der Waals surface area contributed by atoms with E-state index in [0.717, 1.165) is 12.8 Å². The molecule has 0 radical (unpaired) electrons. The molecule has 14 heteroatoms. The zero-order valence-corrected chi connectivity index (χ0v) is 23.8. The summed E-state index contributed by atoms with van der Waals surface area (Å²) in [5, 5.41) is 11.9. The lowest BCUT2D eigenvalue weighted by atomic mass is 9.93. The molecule has 3 aliphatic rings. The van der Waals surface area contributed by atoms with Crippen LogP contribution in [-0.2, 0) is 10.0 Å². The Morgan fingerprint density at radius 1 is 1.02 bits per heavy atom. The van der Waals surface area contributed by atoms with E-state index in [-0.39, 0.29) is 54.0 Å². The van der Waals surface area contributed by atoms with Crippen molar-refractivity contribution in [2.75, 3.05) is 58.4 Å². The van der Waals surface area contributed by atoms with Crippen LogP contribution in [0.25, 0.3) is 0 Å². The lowest BCUT2D eigenvalue weighted by Crippen LogP contribution is -2.40. The van der Waals surface area contributed by atoms with E-state index in [1.54, 1.807) is 24.0 Å². The highest BCUT2D eigenvalue weighted by atomic mass is 35.5. The van der Waals surface area contributed by atoms with E-state index in [0.29, 0.717) is 29.9 Å². The number of anilines is 4. The van der Waals surface area contributed by atoms with Crippen molar-refractivity contribution in [3.63, 3.8) is 0 Å². The lowest BCUT2D eigenvalue weighted by molar-refractivity contribution is -0.0222. The Bertz CT molecular complexity index is 1390. The highest BCUT2D eigenvalue weighted by molar-refractivity contribution is 7.92. The number of aliphatic hydroxyl groups is 1. The van der Waals surface area contributed by atoms with E-state index < -0.39 is 34.2 Å². The fourth-order valence-corrected chi connectivity index (χ4v) is 6.41. The monoisotopic (exact) mass is 598 g/mol. The van der Waals surface area contributed by atoms with Gasteiger partial charge in [0, 0.05) is 50.8 Å². The predicted molar refractivity (Wildman–Crippen MR) is 150 cm³/mol. The summed E-state index contributed by atoms with van der Waals surface area (Å²) in [4.78, 5) is 26.1. The van der Waals surface area contributed by atoms with E-state index in [4.69, 9.17) is 16.7 Å². The summed E-state index contributed by atoms with van der Waals surface area (Å²) in [5.74, 6) is -3.21. The number of halogens is 3. The summed E-state index contributed by atoms with van der Waals surface area (Å²) < 4.78 is 54.4. The molecule has 3 N–H and O–H groups in total. The van der Waals surface area contributed by atoms with Crippen LogP contribution in [0.2, 0.25) is 5.02 Å². The van der Waals surface area contributed by atoms with Gasteiger partial charge in [0.2, 0.25) is 16.0 Å². The smallest absolute Gasteiger partial charge is 0.258 e. The first-order chi connectivity index (χ1) is 18.9. The first-order valence-electron chi connectivity index (χ1n) is 13.4. The normalized spacial score (nSPS) is 19.9. The van der Waals surface area contributed by atoms with Crippen molar-refractivity contribution in [3.8, 4) is 0 Å². The number of carbonyl (C=O) groups excluding carboxylic acids is 1. The number of aromatic nitrogens is 2. The number of benzene rings is 1. The number of nitrogens with zero attached hydrogens (tertiary/aromatic N) is 4. The summed E-state index contributed by atoms with van der Waals surface area (Å²) in [7, 11) is -3.84. The molecular weight excluding hydrogens is 566 g/mol. The standard InChI is InChI=1S/C26H33ClF2N6O4S/c1-17-14-22(32-24(30-17)35-10-6-26(28,29)7-11-35)31-23(37)18-15-19(27)20(33-40(38,39)13-12-36)16-21(18)34-8-4-25(2-3-25)5-9-34/h14-16,33,36H,2-13H2,1H3,(H,30,31,32,37). The van der Waals surface area contributed by atoms with Crippen LogP contribution in [0.3, 0.4) is 0 Å². The number of nitrogens with one attached hydrogen (secondary N) is 2. The first kappa shape index (κ1) is 28.7. The van der Waals surface area contributed by atoms with Crippen LogP contribution >= 0.6 is 11.6 Å². The molecule has 0 atom stereocenters. The molecule has 1 amide bonds. The third-order valence-electron chi connectivity index (χ3n) is 7.94. The average Bonchev–Trinajstić information content (AvgIpc) is 3.63. The third-order valence-corrected chi connectivity index (χ3v) is 9.50. The van der Waals surface area contributed by atoms with Crippen LogP contribution in [0.1, 0.15) is 54.6 Å². The van der Waals surface area contributed by atoms with E-state index in [1.165, 1.54) is 18.9 Å². The number of carbonyl (C=O) groups is 1. The van der Waals surface area contributed by atoms with Crippen molar-refractivity contribution in [3.05, 3.63) is 34.5 Å². The van der Waals surface area contributed by atoms with E-state index in [2.05, 4.69) is 24.9 Å². The zero-order valence-electron chi connectivity index (χ0n) is 22.2. The summed E-state index contributed by atoms with van der Waals surface area (Å²) in [5.41, 5.74) is 1.84. The van der Waals surface area contributed by atoms with Gasteiger partial charge in [-0.3, -0.25) is 9.52 Å². The van der Waals surface area contributed by atoms with Crippen molar-refractivity contribution in [1.82, 2.24) is 9.97 Å². The Morgan fingerprint density at radius 3 is 2.30 bits per heavy atom. The number of alkyl halides is 2. The molecule has 1 spiro atoms. The summed E-state index contributed by atoms with van der Waals surface area (Å²) in [6.07, 6.45) is 3.77. The maximum atomic E-state index is 13.7. The van der Waals surface area contributed by atoms with Gasteiger partial charge in [-0.2, -0.15) is 4.98 Å². The van der Waals surface area contributed by atoms with Crippen molar-refractivity contribution in [2.45, 2.75) is 51.4 Å². The molecule has 1 aromatic heterocycles. The van der Waals surface area contributed by atoms with Crippen molar-refractivity contribution < 1.29 is 27.1 Å². The second-order valence-corrected chi connectivity index (χ2v) is 13.2. The van der Waals surface area contributed by atoms with Crippen LogP contribution in [0.4, 0.5) is 31.9 Å². The van der Waals surface area contributed by atoms with Gasteiger partial charge in [-0.25, -0.2) is 22.2 Å². The number of piperidine rings is 2. The van der Waals surface area contributed by atoms with Crippen LogP contribution < -0.4 is 19.8 Å². The largest absolute Gasteiger partial charge is 0.395 e. The van der Waals surface area contributed by atoms with Crippen LogP contribution in [-0.4, -0.2) is 73.9 Å². The Kier molecular flexibility index (Phi) is 7.83. The molecule has 10 nitrogen and oxygen atoms in total. The number of rotatable bonds is 8. The first-order valence-corrected chi connectivity index (χ1v) is 15.4. The van der Waals surface area contributed by atoms with Crippen LogP contribution in [0.5, 0.6) is 0 Å². The Labute approximate surface area is 237 Å². The van der Waals surface area contributed by atoms with Crippen molar-refractivity contribution in [2.24, 2.45) is 5.41 Å². The highest BCUT2D eigenvalue weighted by Gasteiger charge is 2.44. The Balaban J connectivity index is 1.42.